The molecule has 1 aliphatic heterocycles. The molecule has 26 heavy (non-hydrogen) atoms. The predicted octanol–water partition coefficient (Wildman–Crippen LogP) is 4.25. The topological polar surface area (TPSA) is 50.8 Å². The van der Waals surface area contributed by atoms with Crippen LogP contribution >= 0.6 is 28.1 Å². The third-order valence-corrected chi connectivity index (χ3v) is 5.72. The summed E-state index contributed by atoms with van der Waals surface area (Å²) in [4.78, 5) is 14.6. The van der Waals surface area contributed by atoms with E-state index >= 15 is 0 Å². The predicted molar refractivity (Wildman–Crippen MR) is 109 cm³/mol. The van der Waals surface area contributed by atoms with Crippen LogP contribution in [0.5, 0.6) is 11.5 Å². The maximum atomic E-state index is 12.9. The molecule has 5 nitrogen and oxygen atoms in total. The lowest BCUT2D eigenvalue weighted by Crippen LogP contribution is -2.41. The number of halogens is 1. The van der Waals surface area contributed by atoms with Gasteiger partial charge in [-0.2, -0.15) is 0 Å². The molecular weight excluding hydrogens is 416 g/mol. The summed E-state index contributed by atoms with van der Waals surface area (Å²) in [7, 11) is 1.60. The number of methoxy groups -OCH3 is 1. The Bertz CT molecular complexity index is 745. The Morgan fingerprint density at radius 3 is 2.69 bits per heavy atom. The molecule has 0 radical (unpaired) electrons. The van der Waals surface area contributed by atoms with Crippen molar-refractivity contribution in [1.29, 1.82) is 0 Å². The van der Waals surface area contributed by atoms with Crippen LogP contribution in [0.15, 0.2) is 22.3 Å². The van der Waals surface area contributed by atoms with Gasteiger partial charge in [-0.1, -0.05) is 35.2 Å². The Morgan fingerprint density at radius 1 is 1.31 bits per heavy atom. The zero-order valence-electron chi connectivity index (χ0n) is 15.0. The van der Waals surface area contributed by atoms with Crippen molar-refractivity contribution in [2.45, 2.75) is 45.1 Å². The molecule has 0 unspecified atom stereocenters. The van der Waals surface area contributed by atoms with Crippen molar-refractivity contribution in [2.75, 3.05) is 13.7 Å². The van der Waals surface area contributed by atoms with Gasteiger partial charge < -0.3 is 14.8 Å². The van der Waals surface area contributed by atoms with Gasteiger partial charge in [-0.25, -0.2) is 0 Å². The molecule has 1 heterocycles. The van der Waals surface area contributed by atoms with Crippen LogP contribution in [0, 0.1) is 0 Å². The van der Waals surface area contributed by atoms with Gasteiger partial charge >= 0.3 is 0 Å². The average molecular weight is 439 g/mol. The number of carbonyl (C=O) groups excluding carboxylic acids is 1. The zero-order chi connectivity index (χ0) is 18.7. The molecule has 1 saturated carbocycles. The number of ether oxygens (including phenoxy) is 2. The van der Waals surface area contributed by atoms with E-state index in [1.807, 2.05) is 19.1 Å². The first-order chi connectivity index (χ1) is 12.5. The number of thiocarbonyl (C=S) groups is 1. The highest BCUT2D eigenvalue weighted by Crippen LogP contribution is 2.35. The minimum absolute atomic E-state index is 0.0540. The summed E-state index contributed by atoms with van der Waals surface area (Å²) in [6.45, 7) is 2.47. The number of rotatable bonds is 5. The smallest absolute Gasteiger partial charge is 0.276 e. The largest absolute Gasteiger partial charge is 0.493 e. The Labute approximate surface area is 167 Å². The van der Waals surface area contributed by atoms with E-state index in [1.165, 1.54) is 6.42 Å². The average Bonchev–Trinajstić information content (AvgIpc) is 2.91. The lowest BCUT2D eigenvalue weighted by molar-refractivity contribution is -0.124. The van der Waals surface area contributed by atoms with Crippen molar-refractivity contribution in [2.24, 2.45) is 0 Å². The quantitative estimate of drug-likeness (QED) is 0.549. The van der Waals surface area contributed by atoms with Crippen molar-refractivity contribution in [3.63, 3.8) is 0 Å². The van der Waals surface area contributed by atoms with E-state index in [9.17, 15) is 4.79 Å². The second kappa shape index (κ2) is 8.39. The van der Waals surface area contributed by atoms with E-state index in [4.69, 9.17) is 21.7 Å². The Balaban J connectivity index is 1.88. The van der Waals surface area contributed by atoms with Gasteiger partial charge in [-0.15, -0.1) is 0 Å². The molecule has 3 rings (SSSR count). The fraction of sp³-hybridized carbons (Fsp3) is 0.474. The number of hydrogen-bond donors (Lipinski definition) is 1. The maximum Gasteiger partial charge on any atom is 0.276 e. The number of benzene rings is 1. The van der Waals surface area contributed by atoms with Crippen LogP contribution < -0.4 is 14.8 Å². The first kappa shape index (κ1) is 19.2. The maximum absolute atomic E-state index is 12.9. The normalized spacial score (nSPS) is 19.8. The van der Waals surface area contributed by atoms with Crippen molar-refractivity contribution in [3.8, 4) is 11.5 Å². The number of nitrogens with zero attached hydrogens (tertiary/aromatic N) is 1. The van der Waals surface area contributed by atoms with E-state index < -0.39 is 0 Å². The molecule has 1 aliphatic carbocycles. The van der Waals surface area contributed by atoms with Gasteiger partial charge in [0, 0.05) is 10.5 Å². The van der Waals surface area contributed by atoms with Crippen molar-refractivity contribution >= 4 is 45.2 Å². The van der Waals surface area contributed by atoms with Crippen LogP contribution in [0.25, 0.3) is 6.08 Å². The van der Waals surface area contributed by atoms with Crippen molar-refractivity contribution < 1.29 is 14.3 Å². The molecule has 1 aromatic rings. The molecule has 1 amide bonds. The van der Waals surface area contributed by atoms with Gasteiger partial charge in [0.2, 0.25) is 0 Å². The Morgan fingerprint density at radius 2 is 2.04 bits per heavy atom. The fourth-order valence-corrected chi connectivity index (χ4v) is 4.24. The Kier molecular flexibility index (Phi) is 6.19. The van der Waals surface area contributed by atoms with Crippen LogP contribution in [0.2, 0.25) is 0 Å². The van der Waals surface area contributed by atoms with E-state index in [2.05, 4.69) is 21.2 Å². The molecule has 0 spiro atoms. The zero-order valence-corrected chi connectivity index (χ0v) is 17.4. The summed E-state index contributed by atoms with van der Waals surface area (Å²) in [5.41, 5.74) is 1.32. The van der Waals surface area contributed by atoms with Crippen LogP contribution in [0.3, 0.4) is 0 Å². The van der Waals surface area contributed by atoms with Gasteiger partial charge in [0.15, 0.2) is 16.6 Å². The van der Waals surface area contributed by atoms with E-state index in [1.54, 1.807) is 18.1 Å². The van der Waals surface area contributed by atoms with Gasteiger partial charge in [0.25, 0.3) is 5.91 Å². The highest BCUT2D eigenvalue weighted by atomic mass is 79.9. The summed E-state index contributed by atoms with van der Waals surface area (Å²) in [6.07, 6.45) is 7.37. The Hall–Kier alpha value is -1.60. The second-order valence-electron chi connectivity index (χ2n) is 6.41. The molecular formula is C19H23BrN2O3S. The summed E-state index contributed by atoms with van der Waals surface area (Å²) in [5.74, 6) is 1.23. The van der Waals surface area contributed by atoms with E-state index in [0.29, 0.717) is 28.9 Å². The SMILES string of the molecule is CCOc1cc(Br)c(/C=C2/NC(=S)N(C3CCCCC3)C2=O)cc1OC. The van der Waals surface area contributed by atoms with Gasteiger partial charge in [-0.05, 0) is 55.8 Å². The molecule has 2 aliphatic rings. The van der Waals surface area contributed by atoms with Crippen molar-refractivity contribution in [3.05, 3.63) is 27.9 Å². The minimum Gasteiger partial charge on any atom is -0.493 e. The van der Waals surface area contributed by atoms with E-state index in [0.717, 1.165) is 35.7 Å². The third kappa shape index (κ3) is 3.88. The third-order valence-electron chi connectivity index (χ3n) is 4.73. The number of carbonyl (C=O) groups is 1. The van der Waals surface area contributed by atoms with Gasteiger partial charge in [0.05, 0.1) is 13.7 Å². The van der Waals surface area contributed by atoms with Crippen LogP contribution in [0.4, 0.5) is 0 Å². The molecule has 7 heteroatoms. The molecule has 1 saturated heterocycles. The second-order valence-corrected chi connectivity index (χ2v) is 7.65. The van der Waals surface area contributed by atoms with E-state index in [-0.39, 0.29) is 11.9 Å². The highest BCUT2D eigenvalue weighted by molar-refractivity contribution is 9.10. The first-order valence-electron chi connectivity index (χ1n) is 8.91. The summed E-state index contributed by atoms with van der Waals surface area (Å²) >= 11 is 8.97. The number of hydrogen-bond acceptors (Lipinski definition) is 4. The highest BCUT2D eigenvalue weighted by Gasteiger charge is 2.36. The minimum atomic E-state index is -0.0540. The summed E-state index contributed by atoms with van der Waals surface area (Å²) in [6, 6.07) is 3.91. The summed E-state index contributed by atoms with van der Waals surface area (Å²) in [5, 5.41) is 3.58. The van der Waals surface area contributed by atoms with Gasteiger partial charge in [-0.3, -0.25) is 9.69 Å². The lowest BCUT2D eigenvalue weighted by atomic mass is 9.94. The fourth-order valence-electron chi connectivity index (χ4n) is 3.46. The summed E-state index contributed by atoms with van der Waals surface area (Å²) < 4.78 is 11.8. The monoisotopic (exact) mass is 438 g/mol. The number of amides is 1. The standard InChI is InChI=1S/C19H23BrN2O3S/c1-3-25-17-11-14(20)12(10-16(17)24-2)9-15-18(23)22(19(26)21-15)13-7-5-4-6-8-13/h9-11,13H,3-8H2,1-2H3,(H,21,26)/b15-9+. The van der Waals surface area contributed by atoms with Crippen LogP contribution in [-0.2, 0) is 4.79 Å². The number of nitrogens with one attached hydrogen (secondary N) is 1. The van der Waals surface area contributed by atoms with Gasteiger partial charge in [0.1, 0.15) is 5.70 Å². The molecule has 140 valence electrons. The molecule has 0 bridgehead atoms. The van der Waals surface area contributed by atoms with Crippen molar-refractivity contribution in [1.82, 2.24) is 10.2 Å². The van der Waals surface area contributed by atoms with Crippen LogP contribution in [-0.4, -0.2) is 35.7 Å². The molecule has 1 aromatic carbocycles. The molecule has 0 atom stereocenters. The molecule has 2 fully saturated rings. The first-order valence-corrected chi connectivity index (χ1v) is 10.1. The molecule has 0 aromatic heterocycles. The lowest BCUT2D eigenvalue weighted by Gasteiger charge is -2.29. The van der Waals surface area contributed by atoms with Crippen LogP contribution in [0.1, 0.15) is 44.6 Å². The molecule has 1 N–H and O–H groups in total.